The normalized spacial score (nSPS) is 15.3. The molecule has 0 saturated carbocycles. The lowest BCUT2D eigenvalue weighted by molar-refractivity contribution is -0.134. The smallest absolute Gasteiger partial charge is 0.283 e. The monoisotopic (exact) mass is 385 g/mol. The quantitative estimate of drug-likeness (QED) is 0.522. The molecule has 1 aliphatic heterocycles. The second-order valence-electron chi connectivity index (χ2n) is 5.64. The van der Waals surface area contributed by atoms with Gasteiger partial charge in [-0.15, -0.1) is 0 Å². The van der Waals surface area contributed by atoms with Crippen molar-refractivity contribution in [2.45, 2.75) is 11.3 Å². The summed E-state index contributed by atoms with van der Waals surface area (Å²) in [6.07, 6.45) is -0.843. The van der Waals surface area contributed by atoms with Crippen LogP contribution in [0.3, 0.4) is 0 Å². The number of oxazole rings is 1. The zero-order valence-electron chi connectivity index (χ0n) is 14.0. The van der Waals surface area contributed by atoms with Crippen LogP contribution in [-0.4, -0.2) is 35.3 Å². The van der Waals surface area contributed by atoms with Gasteiger partial charge in [0, 0.05) is 0 Å². The van der Waals surface area contributed by atoms with E-state index < -0.39 is 17.9 Å². The number of benzene rings is 2. The Morgan fingerprint density at radius 2 is 1.85 bits per heavy atom. The summed E-state index contributed by atoms with van der Waals surface area (Å²) in [4.78, 5) is 28.3. The third-order valence-corrected chi connectivity index (χ3v) is 4.56. The molecule has 2 amide bonds. The van der Waals surface area contributed by atoms with Crippen LogP contribution in [0.25, 0.3) is 11.1 Å². The van der Waals surface area contributed by atoms with Gasteiger partial charge in [-0.05, 0) is 24.3 Å². The number of carbonyl (C=O) groups is 2. The molecule has 27 heavy (non-hydrogen) atoms. The molecule has 0 unspecified atom stereocenters. The number of para-hydroxylation sites is 4. The Morgan fingerprint density at radius 3 is 2.70 bits per heavy atom. The van der Waals surface area contributed by atoms with Crippen LogP contribution in [0.15, 0.2) is 58.2 Å². The summed E-state index contributed by atoms with van der Waals surface area (Å²) in [5, 5.41) is 0.387. The molecule has 2 N–H and O–H groups in total. The number of rotatable bonds is 4. The number of nitrogens with zero attached hydrogens (tertiary/aromatic N) is 1. The highest BCUT2D eigenvalue weighted by molar-refractivity contribution is 7.99. The van der Waals surface area contributed by atoms with Gasteiger partial charge in [0.15, 0.2) is 17.1 Å². The van der Waals surface area contributed by atoms with Gasteiger partial charge >= 0.3 is 0 Å². The molecule has 0 radical (unpaired) electrons. The number of ether oxygens (including phenoxy) is 2. The average molecular weight is 385 g/mol. The van der Waals surface area contributed by atoms with Crippen molar-refractivity contribution in [3.05, 3.63) is 48.5 Å². The second kappa shape index (κ2) is 7.58. The molecule has 2 aromatic carbocycles. The largest absolute Gasteiger partial charge is 0.485 e. The van der Waals surface area contributed by atoms with E-state index in [1.165, 1.54) is 0 Å². The summed E-state index contributed by atoms with van der Waals surface area (Å²) in [6, 6.07) is 14.4. The summed E-state index contributed by atoms with van der Waals surface area (Å²) in [6.45, 7) is 0.0658. The van der Waals surface area contributed by atoms with Crippen molar-refractivity contribution in [1.82, 2.24) is 15.8 Å². The molecule has 0 aliphatic carbocycles. The summed E-state index contributed by atoms with van der Waals surface area (Å²) in [7, 11) is 0. The van der Waals surface area contributed by atoms with Crippen molar-refractivity contribution < 1.29 is 23.5 Å². The molecule has 0 spiro atoms. The molecule has 8 nitrogen and oxygen atoms in total. The highest BCUT2D eigenvalue weighted by Gasteiger charge is 2.27. The van der Waals surface area contributed by atoms with E-state index in [4.69, 9.17) is 13.9 Å². The summed E-state index contributed by atoms with van der Waals surface area (Å²) < 4.78 is 16.6. The van der Waals surface area contributed by atoms with Crippen molar-refractivity contribution in [2.24, 2.45) is 0 Å². The number of hydrogen-bond donors (Lipinski definition) is 2. The maximum Gasteiger partial charge on any atom is 0.283 e. The maximum absolute atomic E-state index is 12.1. The molecule has 0 bridgehead atoms. The predicted octanol–water partition coefficient (Wildman–Crippen LogP) is 1.91. The lowest BCUT2D eigenvalue weighted by atomic mass is 10.2. The third kappa shape index (κ3) is 3.98. The van der Waals surface area contributed by atoms with Gasteiger partial charge in [-0.2, -0.15) is 0 Å². The van der Waals surface area contributed by atoms with Crippen LogP contribution in [0.1, 0.15) is 0 Å². The minimum atomic E-state index is -0.843. The molecule has 4 rings (SSSR count). The Kier molecular flexibility index (Phi) is 4.84. The molecule has 0 saturated heterocycles. The summed E-state index contributed by atoms with van der Waals surface area (Å²) >= 11 is 1.14. The van der Waals surface area contributed by atoms with Gasteiger partial charge in [-0.25, -0.2) is 4.98 Å². The Labute approximate surface area is 158 Å². The van der Waals surface area contributed by atoms with Crippen LogP contribution in [-0.2, 0) is 9.59 Å². The molecule has 3 aromatic rings. The Balaban J connectivity index is 1.25. The standard InChI is InChI=1S/C18H15N3O5S/c22-16(10-27-18-19-11-5-1-2-6-12(11)26-18)20-21-17(23)15-9-24-13-7-3-4-8-14(13)25-15/h1-8,15H,9-10H2,(H,20,22)(H,21,23)/t15-/m1/s1. The van der Waals surface area contributed by atoms with E-state index in [-0.39, 0.29) is 12.4 Å². The first kappa shape index (κ1) is 17.2. The van der Waals surface area contributed by atoms with Crippen molar-refractivity contribution in [2.75, 3.05) is 12.4 Å². The minimum Gasteiger partial charge on any atom is -0.485 e. The Hall–Kier alpha value is -3.20. The van der Waals surface area contributed by atoms with Gasteiger partial charge in [-0.1, -0.05) is 36.0 Å². The van der Waals surface area contributed by atoms with Gasteiger partial charge in [-0.3, -0.25) is 20.4 Å². The molecular weight excluding hydrogens is 370 g/mol. The number of nitrogens with one attached hydrogen (secondary N) is 2. The third-order valence-electron chi connectivity index (χ3n) is 3.73. The average Bonchev–Trinajstić information content (AvgIpc) is 3.13. The first-order valence-corrected chi connectivity index (χ1v) is 9.13. The minimum absolute atomic E-state index is 0.0396. The second-order valence-corrected chi connectivity index (χ2v) is 6.56. The number of hydrazine groups is 1. The van der Waals surface area contributed by atoms with Crippen LogP contribution in [0.2, 0.25) is 0 Å². The lowest BCUT2D eigenvalue weighted by Crippen LogP contribution is -2.51. The van der Waals surface area contributed by atoms with E-state index in [0.29, 0.717) is 22.3 Å². The molecule has 1 atom stereocenters. The highest BCUT2D eigenvalue weighted by atomic mass is 32.2. The summed E-state index contributed by atoms with van der Waals surface area (Å²) in [5.74, 6) is 0.220. The van der Waals surface area contributed by atoms with Gasteiger partial charge in [0.25, 0.3) is 11.1 Å². The van der Waals surface area contributed by atoms with Gasteiger partial charge in [0.1, 0.15) is 12.1 Å². The molecule has 0 fully saturated rings. The topological polar surface area (TPSA) is 103 Å². The fourth-order valence-corrected chi connectivity index (χ4v) is 3.08. The Bertz CT molecular complexity index is 957. The van der Waals surface area contributed by atoms with E-state index in [1.54, 1.807) is 24.3 Å². The van der Waals surface area contributed by atoms with Gasteiger partial charge in [0.05, 0.1) is 5.75 Å². The van der Waals surface area contributed by atoms with Crippen LogP contribution in [0.4, 0.5) is 0 Å². The first-order valence-electron chi connectivity index (χ1n) is 8.14. The SMILES string of the molecule is O=C(CSc1nc2ccccc2o1)NNC(=O)[C@H]1COc2ccccc2O1. The number of aromatic nitrogens is 1. The van der Waals surface area contributed by atoms with Crippen LogP contribution in [0.5, 0.6) is 11.5 Å². The molecule has 1 aliphatic rings. The Morgan fingerprint density at radius 1 is 1.07 bits per heavy atom. The van der Waals surface area contributed by atoms with E-state index in [0.717, 1.165) is 17.3 Å². The summed E-state index contributed by atoms with van der Waals surface area (Å²) in [5.41, 5.74) is 6.06. The maximum atomic E-state index is 12.1. The first-order chi connectivity index (χ1) is 13.2. The van der Waals surface area contributed by atoms with Crippen LogP contribution >= 0.6 is 11.8 Å². The zero-order chi connectivity index (χ0) is 18.6. The highest BCUT2D eigenvalue weighted by Crippen LogP contribution is 2.30. The molecule has 9 heteroatoms. The number of fused-ring (bicyclic) bond motifs is 2. The number of thioether (sulfide) groups is 1. The van der Waals surface area contributed by atoms with Gasteiger partial charge < -0.3 is 13.9 Å². The van der Waals surface area contributed by atoms with Gasteiger partial charge in [0.2, 0.25) is 12.0 Å². The van der Waals surface area contributed by atoms with E-state index in [9.17, 15) is 9.59 Å². The van der Waals surface area contributed by atoms with Crippen molar-refractivity contribution in [3.8, 4) is 11.5 Å². The number of carbonyl (C=O) groups excluding carboxylic acids is 2. The molecular formula is C18H15N3O5S. The lowest BCUT2D eigenvalue weighted by Gasteiger charge is -2.25. The molecule has 1 aromatic heterocycles. The fourth-order valence-electron chi connectivity index (χ4n) is 2.44. The van der Waals surface area contributed by atoms with E-state index in [2.05, 4.69) is 15.8 Å². The van der Waals surface area contributed by atoms with Crippen LogP contribution in [0, 0.1) is 0 Å². The van der Waals surface area contributed by atoms with Crippen LogP contribution < -0.4 is 20.3 Å². The zero-order valence-corrected chi connectivity index (χ0v) is 14.8. The predicted molar refractivity (Wildman–Crippen MR) is 97.4 cm³/mol. The van der Waals surface area contributed by atoms with Crippen molar-refractivity contribution in [1.29, 1.82) is 0 Å². The molecule has 138 valence electrons. The van der Waals surface area contributed by atoms with E-state index in [1.807, 2.05) is 24.3 Å². The number of hydrogen-bond acceptors (Lipinski definition) is 7. The number of amides is 2. The van der Waals surface area contributed by atoms with E-state index >= 15 is 0 Å². The fraction of sp³-hybridized carbons (Fsp3) is 0.167. The molecule has 2 heterocycles. The van der Waals surface area contributed by atoms with Crippen molar-refractivity contribution >= 4 is 34.7 Å². The van der Waals surface area contributed by atoms with Crippen molar-refractivity contribution in [3.63, 3.8) is 0 Å².